The standard InChI is InChI=1S/C18H30N6/c1-4-23-9-5-7-16(18(23)17-13-20-22(3)15-17)14-21(2)11-12-24-10-6-8-19-24/h6,8,10,13,15-16,18H,4-5,7,9,11-12,14H2,1-3H3/t16-,18+/m0/s1. The van der Waals surface area contributed by atoms with Crippen LogP contribution in [-0.2, 0) is 13.6 Å². The van der Waals surface area contributed by atoms with Crippen molar-refractivity contribution in [1.29, 1.82) is 0 Å². The Bertz CT molecular complexity index is 605. The highest BCUT2D eigenvalue weighted by molar-refractivity contribution is 5.13. The summed E-state index contributed by atoms with van der Waals surface area (Å²) >= 11 is 0. The smallest absolute Gasteiger partial charge is 0.0537 e. The molecular weight excluding hydrogens is 300 g/mol. The third-order valence-electron chi connectivity index (χ3n) is 5.15. The zero-order chi connectivity index (χ0) is 16.9. The molecule has 132 valence electrons. The van der Waals surface area contributed by atoms with Crippen LogP contribution in [0, 0.1) is 5.92 Å². The fourth-order valence-electron chi connectivity index (χ4n) is 3.97. The van der Waals surface area contributed by atoms with Gasteiger partial charge in [0.15, 0.2) is 0 Å². The van der Waals surface area contributed by atoms with Crippen molar-refractivity contribution in [3.05, 3.63) is 36.4 Å². The van der Waals surface area contributed by atoms with Crippen LogP contribution in [0.25, 0.3) is 0 Å². The first kappa shape index (κ1) is 17.2. The molecule has 2 atom stereocenters. The van der Waals surface area contributed by atoms with Gasteiger partial charge in [0, 0.05) is 50.3 Å². The van der Waals surface area contributed by atoms with E-state index in [2.05, 4.69) is 46.4 Å². The van der Waals surface area contributed by atoms with Gasteiger partial charge in [-0.25, -0.2) is 0 Å². The van der Waals surface area contributed by atoms with E-state index in [1.165, 1.54) is 24.9 Å². The lowest BCUT2D eigenvalue weighted by atomic mass is 9.85. The Kier molecular flexibility index (Phi) is 5.68. The predicted molar refractivity (Wildman–Crippen MR) is 95.6 cm³/mol. The van der Waals surface area contributed by atoms with Crippen molar-refractivity contribution in [1.82, 2.24) is 29.4 Å². The molecule has 1 fully saturated rings. The van der Waals surface area contributed by atoms with Crippen molar-refractivity contribution in [2.45, 2.75) is 32.4 Å². The minimum absolute atomic E-state index is 0.490. The maximum atomic E-state index is 4.41. The van der Waals surface area contributed by atoms with Gasteiger partial charge in [0.05, 0.1) is 12.7 Å². The second kappa shape index (κ2) is 7.94. The Morgan fingerprint density at radius 1 is 1.33 bits per heavy atom. The molecule has 6 nitrogen and oxygen atoms in total. The molecule has 0 radical (unpaired) electrons. The van der Waals surface area contributed by atoms with Crippen LogP contribution < -0.4 is 0 Å². The van der Waals surface area contributed by atoms with E-state index in [1.807, 2.05) is 34.9 Å². The molecule has 6 heteroatoms. The molecule has 0 aliphatic carbocycles. The number of piperidine rings is 1. The molecule has 3 rings (SSSR count). The van der Waals surface area contributed by atoms with Gasteiger partial charge >= 0.3 is 0 Å². The van der Waals surface area contributed by atoms with Crippen LogP contribution in [0.2, 0.25) is 0 Å². The summed E-state index contributed by atoms with van der Waals surface area (Å²) in [4.78, 5) is 5.07. The highest BCUT2D eigenvalue weighted by Gasteiger charge is 2.33. The number of rotatable bonds is 7. The van der Waals surface area contributed by atoms with Gasteiger partial charge in [-0.05, 0) is 45.0 Å². The summed E-state index contributed by atoms with van der Waals surface area (Å²) < 4.78 is 3.94. The molecule has 1 aliphatic rings. The zero-order valence-electron chi connectivity index (χ0n) is 15.2. The molecule has 1 saturated heterocycles. The molecule has 2 aromatic rings. The number of likely N-dealkylation sites (tertiary alicyclic amines) is 1. The van der Waals surface area contributed by atoms with E-state index < -0.39 is 0 Å². The molecule has 3 heterocycles. The summed E-state index contributed by atoms with van der Waals surface area (Å²) in [6, 6.07) is 2.48. The summed E-state index contributed by atoms with van der Waals surface area (Å²) in [6.07, 6.45) is 10.7. The molecule has 2 aromatic heterocycles. The van der Waals surface area contributed by atoms with E-state index in [0.29, 0.717) is 12.0 Å². The van der Waals surface area contributed by atoms with Crippen LogP contribution in [-0.4, -0.2) is 62.6 Å². The van der Waals surface area contributed by atoms with E-state index in [0.717, 1.165) is 26.2 Å². The van der Waals surface area contributed by atoms with Crippen molar-refractivity contribution < 1.29 is 0 Å². The van der Waals surface area contributed by atoms with Crippen LogP contribution in [0.5, 0.6) is 0 Å². The normalized spacial score (nSPS) is 22.3. The third kappa shape index (κ3) is 4.05. The van der Waals surface area contributed by atoms with Gasteiger partial charge in [-0.2, -0.15) is 10.2 Å². The SMILES string of the molecule is CCN1CCC[C@@H](CN(C)CCn2cccn2)[C@@H]1c1cnn(C)c1. The first-order chi connectivity index (χ1) is 11.7. The molecular formula is C18H30N6. The number of nitrogens with zero attached hydrogens (tertiary/aromatic N) is 6. The third-order valence-corrected chi connectivity index (χ3v) is 5.15. The van der Waals surface area contributed by atoms with Crippen LogP contribution in [0.1, 0.15) is 31.4 Å². The van der Waals surface area contributed by atoms with Gasteiger partial charge in [-0.1, -0.05) is 6.92 Å². The highest BCUT2D eigenvalue weighted by Crippen LogP contribution is 2.36. The van der Waals surface area contributed by atoms with E-state index in [1.54, 1.807) is 0 Å². The summed E-state index contributed by atoms with van der Waals surface area (Å²) in [7, 11) is 4.24. The van der Waals surface area contributed by atoms with Gasteiger partial charge < -0.3 is 4.90 Å². The number of aromatic nitrogens is 4. The van der Waals surface area contributed by atoms with Gasteiger partial charge in [-0.3, -0.25) is 14.3 Å². The average Bonchev–Trinajstić information content (AvgIpc) is 3.24. The van der Waals surface area contributed by atoms with E-state index in [-0.39, 0.29) is 0 Å². The molecule has 0 amide bonds. The van der Waals surface area contributed by atoms with E-state index in [4.69, 9.17) is 0 Å². The van der Waals surface area contributed by atoms with Gasteiger partial charge in [0.1, 0.15) is 0 Å². The van der Waals surface area contributed by atoms with Gasteiger partial charge in [0.25, 0.3) is 0 Å². The molecule has 0 aromatic carbocycles. The molecule has 1 aliphatic heterocycles. The Hall–Kier alpha value is -1.66. The second-order valence-corrected chi connectivity index (χ2v) is 6.95. The largest absolute Gasteiger partial charge is 0.304 e. The lowest BCUT2D eigenvalue weighted by Crippen LogP contribution is -2.43. The summed E-state index contributed by atoms with van der Waals surface area (Å²) in [5, 5.41) is 8.71. The fourth-order valence-corrected chi connectivity index (χ4v) is 3.97. The second-order valence-electron chi connectivity index (χ2n) is 6.95. The Morgan fingerprint density at radius 2 is 2.21 bits per heavy atom. The fraction of sp³-hybridized carbons (Fsp3) is 0.667. The Labute approximate surface area is 145 Å². The van der Waals surface area contributed by atoms with E-state index in [9.17, 15) is 0 Å². The number of hydrogen-bond donors (Lipinski definition) is 0. The van der Waals surface area contributed by atoms with Gasteiger partial charge in [0.2, 0.25) is 0 Å². The molecule has 24 heavy (non-hydrogen) atoms. The summed E-state index contributed by atoms with van der Waals surface area (Å²) in [5.41, 5.74) is 1.37. The molecule has 0 bridgehead atoms. The zero-order valence-corrected chi connectivity index (χ0v) is 15.2. The molecule has 0 spiro atoms. The monoisotopic (exact) mass is 330 g/mol. The number of hydrogen-bond acceptors (Lipinski definition) is 4. The maximum Gasteiger partial charge on any atom is 0.0537 e. The minimum atomic E-state index is 0.490. The van der Waals surface area contributed by atoms with Crippen molar-refractivity contribution in [3.8, 4) is 0 Å². The lowest BCUT2D eigenvalue weighted by molar-refractivity contribution is 0.0755. The molecule has 0 saturated carbocycles. The first-order valence-electron chi connectivity index (χ1n) is 9.06. The van der Waals surface area contributed by atoms with Crippen molar-refractivity contribution >= 4 is 0 Å². The maximum absolute atomic E-state index is 4.41. The predicted octanol–water partition coefficient (Wildman–Crippen LogP) is 2.02. The van der Waals surface area contributed by atoms with Crippen molar-refractivity contribution in [3.63, 3.8) is 0 Å². The van der Waals surface area contributed by atoms with Crippen LogP contribution in [0.15, 0.2) is 30.9 Å². The topological polar surface area (TPSA) is 42.1 Å². The van der Waals surface area contributed by atoms with E-state index >= 15 is 0 Å². The van der Waals surface area contributed by atoms with Crippen LogP contribution >= 0.6 is 0 Å². The highest BCUT2D eigenvalue weighted by atomic mass is 15.3. The summed E-state index contributed by atoms with van der Waals surface area (Å²) in [5.74, 6) is 0.658. The Morgan fingerprint density at radius 3 is 2.88 bits per heavy atom. The first-order valence-corrected chi connectivity index (χ1v) is 9.06. The molecule has 0 unspecified atom stereocenters. The minimum Gasteiger partial charge on any atom is -0.304 e. The van der Waals surface area contributed by atoms with Crippen LogP contribution in [0.3, 0.4) is 0 Å². The number of aryl methyl sites for hydroxylation is 1. The molecule has 0 N–H and O–H groups in total. The lowest BCUT2D eigenvalue weighted by Gasteiger charge is -2.42. The van der Waals surface area contributed by atoms with Crippen molar-refractivity contribution in [2.24, 2.45) is 13.0 Å². The van der Waals surface area contributed by atoms with Crippen LogP contribution in [0.4, 0.5) is 0 Å². The quantitative estimate of drug-likeness (QED) is 0.779. The Balaban J connectivity index is 1.64. The van der Waals surface area contributed by atoms with Crippen molar-refractivity contribution in [2.75, 3.05) is 33.2 Å². The van der Waals surface area contributed by atoms with Gasteiger partial charge in [-0.15, -0.1) is 0 Å². The average molecular weight is 330 g/mol. The summed E-state index contributed by atoms with van der Waals surface area (Å²) in [6.45, 7) is 7.68. The number of likely N-dealkylation sites (N-methyl/N-ethyl adjacent to an activating group) is 1.